The third kappa shape index (κ3) is 4.61. The fourth-order valence-corrected chi connectivity index (χ4v) is 3.76. The normalized spacial score (nSPS) is 10.4. The fraction of sp³-hybridized carbons (Fsp3) is 0.0500. The van der Waals surface area contributed by atoms with Crippen molar-refractivity contribution in [2.45, 2.75) is 6.92 Å². The molecule has 29 heavy (non-hydrogen) atoms. The van der Waals surface area contributed by atoms with Crippen molar-refractivity contribution in [3.05, 3.63) is 80.9 Å². The van der Waals surface area contributed by atoms with E-state index in [1.165, 1.54) is 12.1 Å². The van der Waals surface area contributed by atoms with Crippen LogP contribution in [-0.2, 0) is 0 Å². The second kappa shape index (κ2) is 8.42. The van der Waals surface area contributed by atoms with Crippen LogP contribution in [0.1, 0.15) is 36.0 Å². The molecule has 0 spiro atoms. The van der Waals surface area contributed by atoms with Gasteiger partial charge in [-0.05, 0) is 48.9 Å². The molecular formula is C20H15ClFN3O3S. The van der Waals surface area contributed by atoms with E-state index >= 15 is 0 Å². The summed E-state index contributed by atoms with van der Waals surface area (Å²) in [5, 5.41) is 6.09. The van der Waals surface area contributed by atoms with Crippen molar-refractivity contribution in [3.63, 3.8) is 0 Å². The molecule has 0 atom stereocenters. The smallest absolute Gasteiger partial charge is 0.266 e. The lowest BCUT2D eigenvalue weighted by molar-refractivity contribution is 0.0992. The topological polar surface area (TPSA) is 101 Å². The zero-order chi connectivity index (χ0) is 21.1. The van der Waals surface area contributed by atoms with Crippen molar-refractivity contribution in [1.29, 1.82) is 0 Å². The van der Waals surface area contributed by atoms with Crippen molar-refractivity contribution in [2.24, 2.45) is 5.73 Å². The van der Waals surface area contributed by atoms with Gasteiger partial charge in [-0.25, -0.2) is 4.39 Å². The molecule has 9 heteroatoms. The summed E-state index contributed by atoms with van der Waals surface area (Å²) in [6.07, 6.45) is 0. The van der Waals surface area contributed by atoms with E-state index < -0.39 is 23.5 Å². The summed E-state index contributed by atoms with van der Waals surface area (Å²) in [5.74, 6) is -2.57. The average Bonchev–Trinajstić information content (AvgIpc) is 3.03. The van der Waals surface area contributed by atoms with E-state index in [0.29, 0.717) is 26.0 Å². The third-order valence-corrected chi connectivity index (χ3v) is 5.45. The van der Waals surface area contributed by atoms with Crippen LogP contribution >= 0.6 is 22.9 Å². The number of aryl methyl sites for hydroxylation is 1. The number of hydrogen-bond acceptors (Lipinski definition) is 4. The van der Waals surface area contributed by atoms with Crippen LogP contribution in [0.15, 0.2) is 48.5 Å². The molecule has 148 valence electrons. The lowest BCUT2D eigenvalue weighted by atomic mass is 10.1. The highest BCUT2D eigenvalue weighted by Crippen LogP contribution is 2.29. The lowest BCUT2D eigenvalue weighted by Crippen LogP contribution is -2.15. The summed E-state index contributed by atoms with van der Waals surface area (Å²) in [5.41, 5.74) is 5.97. The molecule has 2 aromatic carbocycles. The molecule has 4 N–H and O–H groups in total. The zero-order valence-electron chi connectivity index (χ0n) is 15.1. The van der Waals surface area contributed by atoms with Gasteiger partial charge in [-0.3, -0.25) is 14.4 Å². The molecule has 0 unspecified atom stereocenters. The van der Waals surface area contributed by atoms with Gasteiger partial charge in [0.1, 0.15) is 5.82 Å². The largest absolute Gasteiger partial charge is 0.366 e. The molecule has 0 radical (unpaired) electrons. The second-order valence-electron chi connectivity index (χ2n) is 6.07. The molecule has 0 fully saturated rings. The summed E-state index contributed by atoms with van der Waals surface area (Å²) >= 11 is 7.10. The quantitative estimate of drug-likeness (QED) is 0.556. The number of halogens is 2. The minimum atomic E-state index is -0.935. The van der Waals surface area contributed by atoms with Gasteiger partial charge in [0.2, 0.25) is 0 Å². The number of carbonyl (C=O) groups is 3. The predicted molar refractivity (Wildman–Crippen MR) is 111 cm³/mol. The highest BCUT2D eigenvalue weighted by atomic mass is 35.5. The van der Waals surface area contributed by atoms with Crippen molar-refractivity contribution in [1.82, 2.24) is 0 Å². The molecule has 0 aliphatic rings. The molecule has 0 saturated heterocycles. The predicted octanol–water partition coefficient (Wildman–Crippen LogP) is 4.45. The van der Waals surface area contributed by atoms with Crippen molar-refractivity contribution in [2.75, 3.05) is 10.6 Å². The number of benzene rings is 2. The van der Waals surface area contributed by atoms with E-state index in [0.717, 1.165) is 17.4 Å². The minimum Gasteiger partial charge on any atom is -0.366 e. The van der Waals surface area contributed by atoms with Gasteiger partial charge in [-0.15, -0.1) is 11.3 Å². The summed E-state index contributed by atoms with van der Waals surface area (Å²) in [4.78, 5) is 36.6. The Morgan fingerprint density at radius 1 is 1.00 bits per heavy atom. The molecule has 0 aliphatic carbocycles. The number of anilines is 2. The number of amides is 3. The van der Waals surface area contributed by atoms with E-state index in [9.17, 15) is 18.8 Å². The van der Waals surface area contributed by atoms with Gasteiger partial charge in [0, 0.05) is 5.69 Å². The van der Waals surface area contributed by atoms with Gasteiger partial charge in [0.15, 0.2) is 0 Å². The van der Waals surface area contributed by atoms with E-state index in [-0.39, 0.29) is 11.3 Å². The molecule has 0 saturated carbocycles. The van der Waals surface area contributed by atoms with Gasteiger partial charge in [0.05, 0.1) is 26.0 Å². The number of primary amides is 1. The van der Waals surface area contributed by atoms with Gasteiger partial charge in [-0.2, -0.15) is 0 Å². The fourth-order valence-electron chi connectivity index (χ4n) is 2.57. The van der Waals surface area contributed by atoms with Crippen molar-refractivity contribution in [3.8, 4) is 0 Å². The molecule has 1 heterocycles. The first-order valence-electron chi connectivity index (χ1n) is 8.33. The van der Waals surface area contributed by atoms with Crippen LogP contribution in [0, 0.1) is 12.7 Å². The Morgan fingerprint density at radius 2 is 1.72 bits per heavy atom. The maximum absolute atomic E-state index is 13.6. The van der Waals surface area contributed by atoms with Gasteiger partial charge in [-0.1, -0.05) is 23.7 Å². The van der Waals surface area contributed by atoms with Crippen LogP contribution < -0.4 is 16.4 Å². The highest BCUT2D eigenvalue weighted by Gasteiger charge is 2.18. The lowest BCUT2D eigenvalue weighted by Gasteiger charge is -2.06. The van der Waals surface area contributed by atoms with E-state index in [1.807, 2.05) is 0 Å². The third-order valence-electron chi connectivity index (χ3n) is 3.97. The Balaban J connectivity index is 1.77. The minimum absolute atomic E-state index is 0.222. The van der Waals surface area contributed by atoms with Crippen LogP contribution in [0.4, 0.5) is 15.1 Å². The Labute approximate surface area is 174 Å². The highest BCUT2D eigenvalue weighted by molar-refractivity contribution is 7.18. The molecular weight excluding hydrogens is 417 g/mol. The van der Waals surface area contributed by atoms with Crippen LogP contribution in [0.2, 0.25) is 5.02 Å². The number of carbonyl (C=O) groups excluding carboxylic acids is 3. The molecule has 6 nitrogen and oxygen atoms in total. The number of thiophene rings is 1. The number of rotatable bonds is 5. The first kappa shape index (κ1) is 20.5. The van der Waals surface area contributed by atoms with E-state index in [4.69, 9.17) is 17.3 Å². The van der Waals surface area contributed by atoms with Crippen LogP contribution in [0.3, 0.4) is 0 Å². The molecule has 3 rings (SSSR count). The summed E-state index contributed by atoms with van der Waals surface area (Å²) in [7, 11) is 0. The Hall–Kier alpha value is -3.23. The molecule has 3 amide bonds. The maximum Gasteiger partial charge on any atom is 0.266 e. The molecule has 3 aromatic rings. The first-order chi connectivity index (χ1) is 13.8. The van der Waals surface area contributed by atoms with E-state index in [1.54, 1.807) is 37.3 Å². The van der Waals surface area contributed by atoms with E-state index in [2.05, 4.69) is 10.6 Å². The zero-order valence-corrected chi connectivity index (χ0v) is 16.7. The Bertz CT molecular complexity index is 1130. The number of nitrogens with two attached hydrogens (primary N) is 1. The van der Waals surface area contributed by atoms with Gasteiger partial charge < -0.3 is 16.4 Å². The van der Waals surface area contributed by atoms with Gasteiger partial charge in [0.25, 0.3) is 17.7 Å². The maximum atomic E-state index is 13.6. The van der Waals surface area contributed by atoms with Crippen molar-refractivity contribution >= 4 is 51.3 Å². The molecule has 0 aliphatic heterocycles. The number of nitrogens with one attached hydrogen (secondary N) is 2. The molecule has 0 bridgehead atoms. The van der Waals surface area contributed by atoms with Crippen LogP contribution in [0.25, 0.3) is 0 Å². The SMILES string of the molecule is Cc1cc(NC(=O)c2ccccc2Cl)sc1C(=O)Nc1ccc(F)c(C(N)=O)c1. The van der Waals surface area contributed by atoms with Gasteiger partial charge >= 0.3 is 0 Å². The molecule has 1 aromatic heterocycles. The first-order valence-corrected chi connectivity index (χ1v) is 9.52. The monoisotopic (exact) mass is 431 g/mol. The Kier molecular flexibility index (Phi) is 5.95. The summed E-state index contributed by atoms with van der Waals surface area (Å²) in [6.45, 7) is 1.72. The summed E-state index contributed by atoms with van der Waals surface area (Å²) < 4.78 is 13.6. The number of hydrogen-bond donors (Lipinski definition) is 3. The summed E-state index contributed by atoms with van der Waals surface area (Å²) in [6, 6.07) is 11.8. The van der Waals surface area contributed by atoms with Crippen LogP contribution in [0.5, 0.6) is 0 Å². The van der Waals surface area contributed by atoms with Crippen LogP contribution in [-0.4, -0.2) is 17.7 Å². The van der Waals surface area contributed by atoms with Crippen molar-refractivity contribution < 1.29 is 18.8 Å². The standard InChI is InChI=1S/C20H15ClFN3O3S/c1-10-8-16(25-19(27)12-4-2-3-5-14(12)21)29-17(10)20(28)24-11-6-7-15(22)13(9-11)18(23)26/h2-9H,1H3,(H2,23,26)(H,24,28)(H,25,27). The second-order valence-corrected chi connectivity index (χ2v) is 7.53. The Morgan fingerprint density at radius 3 is 2.41 bits per heavy atom. The average molecular weight is 432 g/mol.